The Hall–Kier alpha value is -3.77. The number of nitrogens with one attached hydrogen (secondary N) is 1. The van der Waals surface area contributed by atoms with Crippen LogP contribution in [-0.2, 0) is 9.59 Å². The lowest BCUT2D eigenvalue weighted by atomic mass is 10.0. The first-order valence-electron chi connectivity index (χ1n) is 9.88. The molecule has 2 amide bonds. The van der Waals surface area contributed by atoms with Gasteiger partial charge in [-0.05, 0) is 48.4 Å². The first-order chi connectivity index (χ1) is 15.4. The number of anilines is 2. The van der Waals surface area contributed by atoms with Gasteiger partial charge in [0.05, 0.1) is 31.2 Å². The number of amides is 2. The predicted molar refractivity (Wildman–Crippen MR) is 125 cm³/mol. The normalized spacial score (nSPS) is 13.6. The highest BCUT2D eigenvalue weighted by Crippen LogP contribution is 2.38. The summed E-state index contributed by atoms with van der Waals surface area (Å²) in [6.07, 6.45) is 0. The van der Waals surface area contributed by atoms with Crippen LogP contribution < -0.4 is 19.7 Å². The number of carbonyl (C=O) groups is 2. The summed E-state index contributed by atoms with van der Waals surface area (Å²) in [5, 5.41) is 3.66. The summed E-state index contributed by atoms with van der Waals surface area (Å²) in [5.74, 6) is 0.210. The number of hydrogen-bond donors (Lipinski definition) is 1. The summed E-state index contributed by atoms with van der Waals surface area (Å²) in [6.45, 7) is 1.81. The van der Waals surface area contributed by atoms with Crippen molar-refractivity contribution in [3.05, 3.63) is 88.6 Å². The zero-order valence-electron chi connectivity index (χ0n) is 17.8. The fourth-order valence-corrected chi connectivity index (χ4v) is 3.87. The average Bonchev–Trinajstić information content (AvgIpc) is 3.04. The fraction of sp³-hybridized carbons (Fsp3) is 0.120. The van der Waals surface area contributed by atoms with Crippen molar-refractivity contribution < 1.29 is 19.1 Å². The van der Waals surface area contributed by atoms with Gasteiger partial charge in [-0.25, -0.2) is 4.90 Å². The van der Waals surface area contributed by atoms with Crippen LogP contribution in [0, 0.1) is 6.92 Å². The fourth-order valence-electron chi connectivity index (χ4n) is 3.64. The third kappa shape index (κ3) is 3.81. The van der Waals surface area contributed by atoms with E-state index < -0.39 is 11.8 Å². The van der Waals surface area contributed by atoms with Gasteiger partial charge >= 0.3 is 0 Å². The minimum Gasteiger partial charge on any atom is -0.497 e. The van der Waals surface area contributed by atoms with Gasteiger partial charge in [0.25, 0.3) is 11.8 Å². The number of benzene rings is 3. The van der Waals surface area contributed by atoms with Crippen molar-refractivity contribution in [1.29, 1.82) is 0 Å². The van der Waals surface area contributed by atoms with E-state index in [4.69, 9.17) is 21.1 Å². The molecule has 1 aliphatic heterocycles. The smallest absolute Gasteiger partial charge is 0.282 e. The molecular formula is C25H21ClN2O4. The molecule has 0 aliphatic carbocycles. The van der Waals surface area contributed by atoms with E-state index in [-0.39, 0.29) is 11.3 Å². The molecule has 6 nitrogen and oxygen atoms in total. The Bertz CT molecular complexity index is 1240. The molecule has 0 unspecified atom stereocenters. The molecule has 3 aromatic rings. The predicted octanol–water partition coefficient (Wildman–Crippen LogP) is 5.06. The summed E-state index contributed by atoms with van der Waals surface area (Å²) in [5.41, 5.74) is 2.82. The molecule has 0 atom stereocenters. The molecule has 1 heterocycles. The van der Waals surface area contributed by atoms with E-state index in [1.54, 1.807) is 55.6 Å². The van der Waals surface area contributed by atoms with Crippen molar-refractivity contribution in [2.45, 2.75) is 6.92 Å². The van der Waals surface area contributed by atoms with Gasteiger partial charge in [-0.3, -0.25) is 9.59 Å². The quantitative estimate of drug-likeness (QED) is 0.534. The van der Waals surface area contributed by atoms with Gasteiger partial charge in [-0.2, -0.15) is 0 Å². The molecular weight excluding hydrogens is 428 g/mol. The van der Waals surface area contributed by atoms with Crippen LogP contribution in [-0.4, -0.2) is 26.0 Å². The Balaban J connectivity index is 1.84. The third-order valence-corrected chi connectivity index (χ3v) is 5.45. The summed E-state index contributed by atoms with van der Waals surface area (Å²) in [4.78, 5) is 28.3. The number of nitrogens with zero attached hydrogens (tertiary/aromatic N) is 1. The number of imide groups is 1. The molecule has 1 aliphatic rings. The first-order valence-corrected chi connectivity index (χ1v) is 10.3. The average molecular weight is 449 g/mol. The highest BCUT2D eigenvalue weighted by molar-refractivity contribution is 6.46. The number of ether oxygens (including phenoxy) is 2. The monoisotopic (exact) mass is 448 g/mol. The van der Waals surface area contributed by atoms with Gasteiger partial charge in [-0.1, -0.05) is 41.9 Å². The van der Waals surface area contributed by atoms with E-state index in [0.717, 1.165) is 5.56 Å². The third-order valence-electron chi connectivity index (χ3n) is 5.21. The lowest BCUT2D eigenvalue weighted by Gasteiger charge is -2.18. The Morgan fingerprint density at radius 2 is 1.62 bits per heavy atom. The topological polar surface area (TPSA) is 67.9 Å². The summed E-state index contributed by atoms with van der Waals surface area (Å²) in [7, 11) is 3.08. The molecule has 0 fully saturated rings. The minimum atomic E-state index is -0.461. The Morgan fingerprint density at radius 1 is 0.875 bits per heavy atom. The number of methoxy groups -OCH3 is 2. The van der Waals surface area contributed by atoms with Crippen molar-refractivity contribution >= 4 is 40.4 Å². The summed E-state index contributed by atoms with van der Waals surface area (Å²) < 4.78 is 10.7. The maximum atomic E-state index is 13.6. The van der Waals surface area contributed by atoms with Gasteiger partial charge < -0.3 is 14.8 Å². The number of halogens is 1. The summed E-state index contributed by atoms with van der Waals surface area (Å²) in [6, 6.07) is 19.3. The van der Waals surface area contributed by atoms with Crippen LogP contribution in [0.5, 0.6) is 11.5 Å². The largest absolute Gasteiger partial charge is 0.497 e. The van der Waals surface area contributed by atoms with Crippen LogP contribution in [0.4, 0.5) is 11.4 Å². The maximum Gasteiger partial charge on any atom is 0.282 e. The Labute approximate surface area is 191 Å². The van der Waals surface area contributed by atoms with Crippen LogP contribution in [0.2, 0.25) is 5.02 Å². The zero-order valence-corrected chi connectivity index (χ0v) is 18.6. The van der Waals surface area contributed by atoms with Crippen molar-refractivity contribution in [1.82, 2.24) is 0 Å². The van der Waals surface area contributed by atoms with Crippen LogP contribution in [0.15, 0.2) is 72.4 Å². The van der Waals surface area contributed by atoms with E-state index in [0.29, 0.717) is 33.5 Å². The molecule has 0 spiro atoms. The number of aryl methyl sites for hydroxylation is 1. The van der Waals surface area contributed by atoms with Crippen molar-refractivity contribution in [3.8, 4) is 11.5 Å². The van der Waals surface area contributed by atoms with Crippen molar-refractivity contribution in [3.63, 3.8) is 0 Å². The van der Waals surface area contributed by atoms with E-state index in [9.17, 15) is 9.59 Å². The lowest BCUT2D eigenvalue weighted by Crippen LogP contribution is -2.33. The maximum absolute atomic E-state index is 13.6. The second-order valence-corrected chi connectivity index (χ2v) is 7.62. The minimum absolute atomic E-state index is 0.166. The number of rotatable bonds is 6. The Kier molecular flexibility index (Phi) is 5.88. The van der Waals surface area contributed by atoms with E-state index in [2.05, 4.69) is 5.32 Å². The van der Waals surface area contributed by atoms with Crippen LogP contribution in [0.1, 0.15) is 11.1 Å². The van der Waals surface area contributed by atoms with Gasteiger partial charge in [-0.15, -0.1) is 0 Å². The molecule has 0 aromatic heterocycles. The standard InChI is InChI=1S/C25H21ClN2O4/c1-15-13-17(26)9-12-20(15)28-24(29)22(16-7-5-4-6-8-16)23(25(28)30)27-19-11-10-18(31-2)14-21(19)32-3/h4-14,27H,1-3H3. The second-order valence-electron chi connectivity index (χ2n) is 7.18. The molecule has 0 radical (unpaired) electrons. The molecule has 4 rings (SSSR count). The van der Waals surface area contributed by atoms with Gasteiger partial charge in [0.15, 0.2) is 0 Å². The van der Waals surface area contributed by atoms with Crippen molar-refractivity contribution in [2.75, 3.05) is 24.4 Å². The van der Waals surface area contributed by atoms with E-state index in [1.165, 1.54) is 12.0 Å². The molecule has 162 valence electrons. The molecule has 0 saturated carbocycles. The lowest BCUT2D eigenvalue weighted by molar-refractivity contribution is -0.120. The van der Waals surface area contributed by atoms with Crippen LogP contribution in [0.3, 0.4) is 0 Å². The van der Waals surface area contributed by atoms with E-state index in [1.807, 2.05) is 25.1 Å². The van der Waals surface area contributed by atoms with Gasteiger partial charge in [0.2, 0.25) is 0 Å². The second kappa shape index (κ2) is 8.77. The number of carbonyl (C=O) groups excluding carboxylic acids is 2. The molecule has 3 aromatic carbocycles. The molecule has 7 heteroatoms. The van der Waals surface area contributed by atoms with Gasteiger partial charge in [0, 0.05) is 11.1 Å². The Morgan fingerprint density at radius 3 is 2.28 bits per heavy atom. The zero-order chi connectivity index (χ0) is 22.8. The SMILES string of the molecule is COc1ccc(NC2=C(c3ccccc3)C(=O)N(c3ccc(Cl)cc3C)C2=O)c(OC)c1. The van der Waals surface area contributed by atoms with E-state index >= 15 is 0 Å². The van der Waals surface area contributed by atoms with Gasteiger partial charge in [0.1, 0.15) is 17.2 Å². The molecule has 0 saturated heterocycles. The molecule has 32 heavy (non-hydrogen) atoms. The highest BCUT2D eigenvalue weighted by Gasteiger charge is 2.41. The molecule has 0 bridgehead atoms. The van der Waals surface area contributed by atoms with Crippen LogP contribution in [0.25, 0.3) is 5.57 Å². The van der Waals surface area contributed by atoms with Crippen molar-refractivity contribution in [2.24, 2.45) is 0 Å². The highest BCUT2D eigenvalue weighted by atomic mass is 35.5. The number of hydrogen-bond acceptors (Lipinski definition) is 5. The van der Waals surface area contributed by atoms with Crippen LogP contribution >= 0.6 is 11.6 Å². The first kappa shape index (κ1) is 21.5. The summed E-state index contributed by atoms with van der Waals surface area (Å²) >= 11 is 6.08. The molecule has 1 N–H and O–H groups in total.